The van der Waals surface area contributed by atoms with Crippen molar-refractivity contribution in [1.29, 1.82) is 0 Å². The molecule has 0 aliphatic heterocycles. The zero-order valence-corrected chi connectivity index (χ0v) is 11.8. The van der Waals surface area contributed by atoms with E-state index < -0.39 is 11.5 Å². The summed E-state index contributed by atoms with van der Waals surface area (Å²) in [4.78, 5) is 11.6. The van der Waals surface area contributed by atoms with Crippen LogP contribution in [-0.2, 0) is 10.3 Å². The predicted molar refractivity (Wildman–Crippen MR) is 78.5 cm³/mol. The molecule has 108 valence electrons. The van der Waals surface area contributed by atoms with E-state index in [1.54, 1.807) is 0 Å². The molecule has 3 rings (SSSR count). The summed E-state index contributed by atoms with van der Waals surface area (Å²) in [6.07, 6.45) is 8.33. The Bertz CT molecular complexity index is 486. The summed E-state index contributed by atoms with van der Waals surface area (Å²) in [5.41, 5.74) is 7.11. The van der Waals surface area contributed by atoms with Crippen LogP contribution in [0.5, 0.6) is 0 Å². The van der Waals surface area contributed by atoms with Gasteiger partial charge in [-0.1, -0.05) is 43.5 Å². The summed E-state index contributed by atoms with van der Waals surface area (Å²) in [6.45, 7) is 0. The lowest BCUT2D eigenvalue weighted by Crippen LogP contribution is -2.47. The molecule has 1 unspecified atom stereocenters. The summed E-state index contributed by atoms with van der Waals surface area (Å²) in [7, 11) is 0. The Labute approximate surface area is 120 Å². The molecule has 2 fully saturated rings. The van der Waals surface area contributed by atoms with Crippen LogP contribution >= 0.6 is 0 Å². The first-order chi connectivity index (χ1) is 9.62. The van der Waals surface area contributed by atoms with Crippen LogP contribution in [0.4, 0.5) is 0 Å². The van der Waals surface area contributed by atoms with Gasteiger partial charge in [-0.05, 0) is 48.6 Å². The summed E-state index contributed by atoms with van der Waals surface area (Å²) < 4.78 is 0. The molecular formula is C17H23NO2. The van der Waals surface area contributed by atoms with Crippen molar-refractivity contribution < 1.29 is 9.90 Å². The molecule has 1 aromatic carbocycles. The van der Waals surface area contributed by atoms with Gasteiger partial charge < -0.3 is 10.8 Å². The van der Waals surface area contributed by atoms with Gasteiger partial charge >= 0.3 is 5.97 Å². The molecule has 3 nitrogen and oxygen atoms in total. The van der Waals surface area contributed by atoms with E-state index in [2.05, 4.69) is 12.1 Å². The normalized spacial score (nSPS) is 23.2. The maximum atomic E-state index is 11.6. The van der Waals surface area contributed by atoms with Crippen LogP contribution in [0.2, 0.25) is 0 Å². The number of hydrogen-bond donors (Lipinski definition) is 2. The topological polar surface area (TPSA) is 63.3 Å². The summed E-state index contributed by atoms with van der Waals surface area (Å²) >= 11 is 0. The van der Waals surface area contributed by atoms with E-state index in [4.69, 9.17) is 5.73 Å². The lowest BCUT2D eigenvalue weighted by molar-refractivity contribution is -0.144. The Kier molecular flexibility index (Phi) is 3.55. The number of carboxylic acid groups (broad SMARTS) is 1. The molecule has 3 heteroatoms. The molecule has 0 bridgehead atoms. The number of benzene rings is 1. The van der Waals surface area contributed by atoms with Crippen LogP contribution < -0.4 is 5.73 Å². The Morgan fingerprint density at radius 2 is 1.65 bits per heavy atom. The summed E-state index contributed by atoms with van der Waals surface area (Å²) in [5.74, 6) is -0.151. The fraction of sp³-hybridized carbons (Fsp3) is 0.588. The Morgan fingerprint density at radius 3 is 2.15 bits per heavy atom. The van der Waals surface area contributed by atoms with Gasteiger partial charge in [0.1, 0.15) is 5.54 Å². The first kappa shape index (κ1) is 13.6. The predicted octanol–water partition coefficient (Wildman–Crippen LogP) is 3.38. The highest BCUT2D eigenvalue weighted by Gasteiger charge is 2.49. The number of hydrogen-bond acceptors (Lipinski definition) is 2. The third kappa shape index (κ3) is 2.35. The van der Waals surface area contributed by atoms with Crippen molar-refractivity contribution in [2.75, 3.05) is 0 Å². The molecule has 2 aliphatic rings. The number of rotatable bonds is 4. The van der Waals surface area contributed by atoms with Crippen molar-refractivity contribution in [1.82, 2.24) is 0 Å². The van der Waals surface area contributed by atoms with Gasteiger partial charge in [0.25, 0.3) is 0 Å². The molecule has 0 saturated heterocycles. The maximum Gasteiger partial charge on any atom is 0.328 e. The average Bonchev–Trinajstić information content (AvgIpc) is 3.32. The third-order valence-corrected chi connectivity index (χ3v) is 5.04. The second-order valence-electron chi connectivity index (χ2n) is 6.41. The highest BCUT2D eigenvalue weighted by molar-refractivity contribution is 5.81. The van der Waals surface area contributed by atoms with Crippen LogP contribution in [0.3, 0.4) is 0 Å². The fourth-order valence-electron chi connectivity index (χ4n) is 3.54. The standard InChI is InChI=1S/C17H23NO2/c18-17(16(19)20,15-10-11-15)14-8-6-13(7-9-14)12-4-2-1-3-5-12/h6-9,12,15H,1-5,10-11,18H2,(H,19,20). The minimum atomic E-state index is -1.19. The number of carbonyl (C=O) groups is 1. The molecular weight excluding hydrogens is 250 g/mol. The van der Waals surface area contributed by atoms with Crippen molar-refractivity contribution in [2.45, 2.75) is 56.4 Å². The van der Waals surface area contributed by atoms with Gasteiger partial charge in [-0.3, -0.25) is 0 Å². The zero-order chi connectivity index (χ0) is 14.2. The lowest BCUT2D eigenvalue weighted by Gasteiger charge is -2.26. The smallest absolute Gasteiger partial charge is 0.328 e. The monoisotopic (exact) mass is 273 g/mol. The van der Waals surface area contributed by atoms with Crippen molar-refractivity contribution in [3.05, 3.63) is 35.4 Å². The quantitative estimate of drug-likeness (QED) is 0.884. The van der Waals surface area contributed by atoms with Crippen LogP contribution in [0, 0.1) is 5.92 Å². The van der Waals surface area contributed by atoms with E-state index in [1.165, 1.54) is 37.7 Å². The van der Waals surface area contributed by atoms with E-state index in [0.717, 1.165) is 18.4 Å². The first-order valence-electron chi connectivity index (χ1n) is 7.75. The first-order valence-corrected chi connectivity index (χ1v) is 7.75. The molecule has 1 atom stereocenters. The van der Waals surface area contributed by atoms with Crippen molar-refractivity contribution in [2.24, 2.45) is 11.7 Å². The molecule has 0 aromatic heterocycles. The molecule has 0 spiro atoms. The van der Waals surface area contributed by atoms with Gasteiger partial charge in [-0.15, -0.1) is 0 Å². The third-order valence-electron chi connectivity index (χ3n) is 5.04. The molecule has 3 N–H and O–H groups in total. The maximum absolute atomic E-state index is 11.6. The number of nitrogens with two attached hydrogens (primary N) is 1. The zero-order valence-electron chi connectivity index (χ0n) is 11.8. The Morgan fingerprint density at radius 1 is 1.05 bits per heavy atom. The van der Waals surface area contributed by atoms with Crippen LogP contribution in [0.15, 0.2) is 24.3 Å². The summed E-state index contributed by atoms with van der Waals surface area (Å²) in [6, 6.07) is 8.07. The number of aliphatic carboxylic acids is 1. The van der Waals surface area contributed by atoms with Crippen molar-refractivity contribution in [3.63, 3.8) is 0 Å². The SMILES string of the molecule is NC(C(=O)O)(c1ccc(C2CCCCC2)cc1)C1CC1. The van der Waals surface area contributed by atoms with E-state index in [9.17, 15) is 9.90 Å². The Balaban J connectivity index is 1.83. The van der Waals surface area contributed by atoms with Crippen LogP contribution in [-0.4, -0.2) is 11.1 Å². The van der Waals surface area contributed by atoms with Gasteiger partial charge in [0.2, 0.25) is 0 Å². The fourth-order valence-corrected chi connectivity index (χ4v) is 3.54. The molecule has 0 heterocycles. The van der Waals surface area contributed by atoms with E-state index in [1.807, 2.05) is 12.1 Å². The number of carboxylic acids is 1. The second kappa shape index (κ2) is 5.21. The van der Waals surface area contributed by atoms with Crippen LogP contribution in [0.1, 0.15) is 62.0 Å². The van der Waals surface area contributed by atoms with Crippen molar-refractivity contribution in [3.8, 4) is 0 Å². The van der Waals surface area contributed by atoms with Gasteiger partial charge in [-0.25, -0.2) is 4.79 Å². The molecule has 2 aliphatic carbocycles. The van der Waals surface area contributed by atoms with E-state index in [-0.39, 0.29) is 5.92 Å². The highest BCUT2D eigenvalue weighted by atomic mass is 16.4. The van der Waals surface area contributed by atoms with Gasteiger partial charge in [0.05, 0.1) is 0 Å². The summed E-state index contributed by atoms with van der Waals surface area (Å²) in [5, 5.41) is 9.49. The molecule has 1 aromatic rings. The van der Waals surface area contributed by atoms with E-state index in [0.29, 0.717) is 5.92 Å². The van der Waals surface area contributed by atoms with Gasteiger partial charge in [0.15, 0.2) is 0 Å². The van der Waals surface area contributed by atoms with E-state index >= 15 is 0 Å². The second-order valence-corrected chi connectivity index (χ2v) is 6.41. The van der Waals surface area contributed by atoms with Gasteiger partial charge in [-0.2, -0.15) is 0 Å². The lowest BCUT2D eigenvalue weighted by atomic mass is 9.81. The minimum Gasteiger partial charge on any atom is -0.480 e. The molecule has 20 heavy (non-hydrogen) atoms. The largest absolute Gasteiger partial charge is 0.480 e. The Hall–Kier alpha value is -1.35. The van der Waals surface area contributed by atoms with Gasteiger partial charge in [0, 0.05) is 0 Å². The molecule has 2 saturated carbocycles. The molecule has 0 amide bonds. The minimum absolute atomic E-state index is 0.0977. The molecule has 0 radical (unpaired) electrons. The van der Waals surface area contributed by atoms with Crippen molar-refractivity contribution >= 4 is 5.97 Å². The highest BCUT2D eigenvalue weighted by Crippen LogP contribution is 2.44. The van der Waals surface area contributed by atoms with Crippen LogP contribution in [0.25, 0.3) is 0 Å². The average molecular weight is 273 g/mol.